The molecule has 0 aromatic heterocycles. The monoisotopic (exact) mass is 377 g/mol. The largest absolute Gasteiger partial charge is 0.336 e. The van der Waals surface area contributed by atoms with Gasteiger partial charge in [0.15, 0.2) is 0 Å². The minimum atomic E-state index is -0.121. The summed E-state index contributed by atoms with van der Waals surface area (Å²) in [6.07, 6.45) is 2.54. The number of benzene rings is 2. The van der Waals surface area contributed by atoms with E-state index in [9.17, 15) is 9.59 Å². The van der Waals surface area contributed by atoms with Crippen molar-refractivity contribution >= 4 is 23.6 Å². The van der Waals surface area contributed by atoms with Crippen molar-refractivity contribution in [1.29, 1.82) is 0 Å². The maximum absolute atomic E-state index is 12.6. The van der Waals surface area contributed by atoms with Gasteiger partial charge in [0.1, 0.15) is 0 Å². The number of hydrogen-bond acceptors (Lipinski definition) is 3. The van der Waals surface area contributed by atoms with Gasteiger partial charge in [-0.2, -0.15) is 0 Å². The average Bonchev–Trinajstić information content (AvgIpc) is 2.73. The van der Waals surface area contributed by atoms with E-state index in [2.05, 4.69) is 17.3 Å². The highest BCUT2D eigenvalue weighted by atomic mass is 16.2. The molecule has 1 N–H and O–H groups in total. The van der Waals surface area contributed by atoms with Gasteiger partial charge in [0, 0.05) is 43.0 Å². The first-order valence-electron chi connectivity index (χ1n) is 9.71. The van der Waals surface area contributed by atoms with Crippen molar-refractivity contribution in [3.05, 3.63) is 71.3 Å². The van der Waals surface area contributed by atoms with Crippen LogP contribution in [0.15, 0.2) is 60.2 Å². The van der Waals surface area contributed by atoms with Crippen molar-refractivity contribution in [3.8, 4) is 0 Å². The third-order valence-electron chi connectivity index (χ3n) is 4.99. The molecule has 0 unspecified atom stereocenters. The molecule has 1 heterocycles. The Labute approximate surface area is 166 Å². The van der Waals surface area contributed by atoms with Gasteiger partial charge in [0.05, 0.1) is 0 Å². The van der Waals surface area contributed by atoms with E-state index in [4.69, 9.17) is 0 Å². The van der Waals surface area contributed by atoms with Crippen LogP contribution in [0.3, 0.4) is 0 Å². The molecule has 1 aliphatic rings. The molecule has 2 aromatic carbocycles. The normalized spacial score (nSPS) is 15.4. The summed E-state index contributed by atoms with van der Waals surface area (Å²) < 4.78 is 0. The van der Waals surface area contributed by atoms with Crippen LogP contribution in [-0.4, -0.2) is 54.8 Å². The predicted molar refractivity (Wildman–Crippen MR) is 113 cm³/mol. The van der Waals surface area contributed by atoms with E-state index in [1.807, 2.05) is 48.2 Å². The smallest absolute Gasteiger partial charge is 0.253 e. The van der Waals surface area contributed by atoms with E-state index in [0.29, 0.717) is 23.2 Å². The number of piperazine rings is 1. The molecule has 0 saturated carbocycles. The van der Waals surface area contributed by atoms with Crippen LogP contribution >= 0.6 is 0 Å². The zero-order valence-electron chi connectivity index (χ0n) is 16.5. The lowest BCUT2D eigenvalue weighted by Crippen LogP contribution is -2.47. The summed E-state index contributed by atoms with van der Waals surface area (Å²) >= 11 is 0. The number of rotatable bonds is 5. The highest BCUT2D eigenvalue weighted by Crippen LogP contribution is 2.16. The van der Waals surface area contributed by atoms with Gasteiger partial charge in [-0.05, 0) is 49.4 Å². The standard InChI is InChI=1S/C23H27N3O2/c1-3-19(17-18-7-5-4-6-8-18)22(27)24-21-11-9-20(10-12-21)23(28)26-15-13-25(2)14-16-26/h4-12,17H,3,13-16H2,1-2H3,(H,24,27)/b19-17+. The van der Waals surface area contributed by atoms with Gasteiger partial charge in [-0.25, -0.2) is 0 Å². The fraction of sp³-hybridized carbons (Fsp3) is 0.304. The molecular formula is C23H27N3O2. The van der Waals surface area contributed by atoms with Crippen molar-refractivity contribution < 1.29 is 9.59 Å². The third kappa shape index (κ3) is 5.08. The summed E-state index contributed by atoms with van der Waals surface area (Å²) in [7, 11) is 2.07. The number of hydrogen-bond donors (Lipinski definition) is 1. The van der Waals surface area contributed by atoms with Gasteiger partial charge in [-0.3, -0.25) is 9.59 Å². The minimum absolute atomic E-state index is 0.0456. The van der Waals surface area contributed by atoms with E-state index < -0.39 is 0 Å². The minimum Gasteiger partial charge on any atom is -0.336 e. The van der Waals surface area contributed by atoms with Gasteiger partial charge in [0.2, 0.25) is 0 Å². The Morgan fingerprint density at radius 2 is 1.61 bits per heavy atom. The lowest BCUT2D eigenvalue weighted by atomic mass is 10.1. The first kappa shape index (κ1) is 19.8. The number of amides is 2. The Morgan fingerprint density at radius 1 is 0.964 bits per heavy atom. The summed E-state index contributed by atoms with van der Waals surface area (Å²) in [5.74, 6) is -0.0753. The van der Waals surface area contributed by atoms with Gasteiger partial charge in [0.25, 0.3) is 11.8 Å². The van der Waals surface area contributed by atoms with E-state index in [-0.39, 0.29) is 11.8 Å². The van der Waals surface area contributed by atoms with Gasteiger partial charge < -0.3 is 15.1 Å². The molecule has 2 aromatic rings. The second-order valence-corrected chi connectivity index (χ2v) is 7.06. The molecule has 0 spiro atoms. The molecule has 3 rings (SSSR count). The molecular weight excluding hydrogens is 350 g/mol. The number of carbonyl (C=O) groups is 2. The number of carbonyl (C=O) groups excluding carboxylic acids is 2. The first-order chi connectivity index (χ1) is 13.6. The lowest BCUT2D eigenvalue weighted by Gasteiger charge is -2.32. The van der Waals surface area contributed by atoms with Crippen molar-refractivity contribution in [1.82, 2.24) is 9.80 Å². The molecule has 0 aliphatic carbocycles. The maximum atomic E-state index is 12.6. The number of nitrogens with one attached hydrogen (secondary N) is 1. The van der Waals surface area contributed by atoms with Crippen LogP contribution < -0.4 is 5.32 Å². The highest BCUT2D eigenvalue weighted by molar-refractivity contribution is 6.06. The summed E-state index contributed by atoms with van der Waals surface area (Å²) in [5, 5.41) is 2.93. The van der Waals surface area contributed by atoms with Crippen molar-refractivity contribution in [2.75, 3.05) is 38.5 Å². The van der Waals surface area contributed by atoms with Crippen molar-refractivity contribution in [3.63, 3.8) is 0 Å². The second-order valence-electron chi connectivity index (χ2n) is 7.06. The molecule has 1 saturated heterocycles. The van der Waals surface area contributed by atoms with Gasteiger partial charge in [-0.15, -0.1) is 0 Å². The van der Waals surface area contributed by atoms with E-state index >= 15 is 0 Å². The van der Waals surface area contributed by atoms with Crippen LogP contribution in [0.4, 0.5) is 5.69 Å². The summed E-state index contributed by atoms with van der Waals surface area (Å²) in [4.78, 5) is 29.3. The first-order valence-corrected chi connectivity index (χ1v) is 9.71. The lowest BCUT2D eigenvalue weighted by molar-refractivity contribution is -0.112. The van der Waals surface area contributed by atoms with Gasteiger partial charge in [-0.1, -0.05) is 37.3 Å². The van der Waals surface area contributed by atoms with E-state index in [0.717, 1.165) is 31.7 Å². The van der Waals surface area contributed by atoms with Crippen LogP contribution in [0.2, 0.25) is 0 Å². The zero-order chi connectivity index (χ0) is 19.9. The molecule has 1 aliphatic heterocycles. The quantitative estimate of drug-likeness (QED) is 0.812. The fourth-order valence-corrected chi connectivity index (χ4v) is 3.18. The van der Waals surface area contributed by atoms with Crippen LogP contribution in [0.5, 0.6) is 0 Å². The highest BCUT2D eigenvalue weighted by Gasteiger charge is 2.20. The zero-order valence-corrected chi connectivity index (χ0v) is 16.5. The number of anilines is 1. The third-order valence-corrected chi connectivity index (χ3v) is 4.99. The average molecular weight is 377 g/mol. The van der Waals surface area contributed by atoms with Crippen molar-refractivity contribution in [2.24, 2.45) is 0 Å². The van der Waals surface area contributed by atoms with E-state index in [1.54, 1.807) is 24.3 Å². The maximum Gasteiger partial charge on any atom is 0.253 e. The number of likely N-dealkylation sites (N-methyl/N-ethyl adjacent to an activating group) is 1. The molecule has 28 heavy (non-hydrogen) atoms. The molecule has 146 valence electrons. The molecule has 2 amide bonds. The Morgan fingerprint density at radius 3 is 2.21 bits per heavy atom. The number of nitrogens with zero attached hydrogens (tertiary/aromatic N) is 2. The van der Waals surface area contributed by atoms with Crippen molar-refractivity contribution in [2.45, 2.75) is 13.3 Å². The second kappa shape index (κ2) is 9.33. The summed E-state index contributed by atoms with van der Waals surface area (Å²) in [6.45, 7) is 5.25. The molecule has 5 heteroatoms. The Bertz CT molecular complexity index is 836. The van der Waals surface area contributed by atoms with E-state index in [1.165, 1.54) is 0 Å². The van der Waals surface area contributed by atoms with Gasteiger partial charge >= 0.3 is 0 Å². The molecule has 1 fully saturated rings. The molecule has 0 radical (unpaired) electrons. The molecule has 5 nitrogen and oxygen atoms in total. The van der Waals surface area contributed by atoms with Crippen LogP contribution in [0.1, 0.15) is 29.3 Å². The van der Waals surface area contributed by atoms with Crippen LogP contribution in [-0.2, 0) is 4.79 Å². The Hall–Kier alpha value is -2.92. The summed E-state index contributed by atoms with van der Waals surface area (Å²) in [6, 6.07) is 16.9. The Kier molecular flexibility index (Phi) is 6.61. The predicted octanol–water partition coefficient (Wildman–Crippen LogP) is 3.51. The fourth-order valence-electron chi connectivity index (χ4n) is 3.18. The van der Waals surface area contributed by atoms with Crippen LogP contribution in [0.25, 0.3) is 6.08 Å². The topological polar surface area (TPSA) is 52.7 Å². The SMILES string of the molecule is CC/C(=C\c1ccccc1)C(=O)Nc1ccc(C(=O)N2CCN(C)CC2)cc1. The van der Waals surface area contributed by atoms with Crippen LogP contribution in [0, 0.1) is 0 Å². The Balaban J connectivity index is 1.64. The molecule has 0 bridgehead atoms. The summed E-state index contributed by atoms with van der Waals surface area (Å²) in [5.41, 5.74) is 3.05. The molecule has 0 atom stereocenters.